The van der Waals surface area contributed by atoms with E-state index in [4.69, 9.17) is 10.00 Å². The molecule has 146 valence electrons. The van der Waals surface area contributed by atoms with Gasteiger partial charge in [-0.05, 0) is 92.7 Å². The van der Waals surface area contributed by atoms with Gasteiger partial charge < -0.3 is 4.74 Å². The molecule has 0 unspecified atom stereocenters. The molecule has 0 atom stereocenters. The minimum absolute atomic E-state index is 0.232. The molecule has 1 aromatic rings. The number of halogens is 1. The Morgan fingerprint density at radius 1 is 1.07 bits per heavy atom. The van der Waals surface area contributed by atoms with Crippen molar-refractivity contribution in [1.29, 1.82) is 5.26 Å². The fourth-order valence-electron chi connectivity index (χ4n) is 4.63. The molecule has 0 aliphatic heterocycles. The first-order valence-corrected chi connectivity index (χ1v) is 10.7. The third-order valence-corrected chi connectivity index (χ3v) is 6.48. The highest BCUT2D eigenvalue weighted by Gasteiger charge is 2.25. The smallest absolute Gasteiger partial charge is 0.196 e. The SMILES string of the molecule is CCc1ccc(C2CCC(OCC3CCC(C=C(F)C#N)CC3)CC2)cc1. The highest BCUT2D eigenvalue weighted by molar-refractivity contribution is 5.25. The normalized spacial score (nSPS) is 29.3. The molecule has 2 aliphatic rings. The summed E-state index contributed by atoms with van der Waals surface area (Å²) < 4.78 is 19.3. The Hall–Kier alpha value is -1.66. The number of benzene rings is 1. The average molecular weight is 370 g/mol. The number of hydrogen-bond acceptors (Lipinski definition) is 2. The molecule has 2 aliphatic carbocycles. The molecule has 0 radical (unpaired) electrons. The maximum atomic E-state index is 13.1. The lowest BCUT2D eigenvalue weighted by Gasteiger charge is -2.32. The lowest BCUT2D eigenvalue weighted by Crippen LogP contribution is -2.25. The Labute approximate surface area is 163 Å². The fourth-order valence-corrected chi connectivity index (χ4v) is 4.63. The van der Waals surface area contributed by atoms with Crippen LogP contribution in [0.5, 0.6) is 0 Å². The van der Waals surface area contributed by atoms with E-state index in [0.29, 0.717) is 17.9 Å². The van der Waals surface area contributed by atoms with Crippen LogP contribution in [-0.2, 0) is 11.2 Å². The van der Waals surface area contributed by atoms with Crippen molar-refractivity contribution in [3.63, 3.8) is 0 Å². The quantitative estimate of drug-likeness (QED) is 0.538. The molecule has 0 N–H and O–H groups in total. The Kier molecular flexibility index (Phi) is 7.47. The summed E-state index contributed by atoms with van der Waals surface area (Å²) in [6.07, 6.45) is 11.9. The van der Waals surface area contributed by atoms with Crippen LogP contribution in [0, 0.1) is 23.2 Å². The molecule has 0 amide bonds. The van der Waals surface area contributed by atoms with Gasteiger partial charge in [0.25, 0.3) is 0 Å². The molecule has 0 saturated heterocycles. The number of nitrogens with zero attached hydrogens (tertiary/aromatic N) is 1. The molecule has 0 aromatic heterocycles. The molecule has 3 rings (SSSR count). The second-order valence-electron chi connectivity index (χ2n) is 8.31. The molecule has 3 heteroatoms. The van der Waals surface area contributed by atoms with Crippen molar-refractivity contribution in [3.05, 3.63) is 47.3 Å². The van der Waals surface area contributed by atoms with Crippen molar-refractivity contribution in [1.82, 2.24) is 0 Å². The molecular formula is C24H32FNO. The van der Waals surface area contributed by atoms with E-state index in [1.165, 1.54) is 30.0 Å². The standard InChI is InChI=1S/C24H32FNO/c1-2-18-7-9-21(10-8-18)22-11-13-24(14-12-22)27-17-20-5-3-19(4-6-20)15-23(25)16-26/h7-10,15,19-20,22,24H,2-6,11-14,17H2,1H3. The zero-order valence-electron chi connectivity index (χ0n) is 16.5. The number of rotatable bonds is 6. The fraction of sp³-hybridized carbons (Fsp3) is 0.625. The first kappa shape index (κ1) is 20.1. The molecule has 2 nitrogen and oxygen atoms in total. The molecule has 27 heavy (non-hydrogen) atoms. The predicted octanol–water partition coefficient (Wildman–Crippen LogP) is 6.48. The first-order valence-electron chi connectivity index (χ1n) is 10.7. The summed E-state index contributed by atoms with van der Waals surface area (Å²) >= 11 is 0. The number of aryl methyl sites for hydroxylation is 1. The van der Waals surface area contributed by atoms with Gasteiger partial charge in [-0.25, -0.2) is 0 Å². The van der Waals surface area contributed by atoms with Crippen LogP contribution in [0.15, 0.2) is 36.2 Å². The van der Waals surface area contributed by atoms with Gasteiger partial charge in [-0.15, -0.1) is 0 Å². The van der Waals surface area contributed by atoms with Crippen LogP contribution in [-0.4, -0.2) is 12.7 Å². The van der Waals surface area contributed by atoms with E-state index in [9.17, 15) is 4.39 Å². The van der Waals surface area contributed by atoms with Gasteiger partial charge in [-0.2, -0.15) is 9.65 Å². The van der Waals surface area contributed by atoms with E-state index >= 15 is 0 Å². The lowest BCUT2D eigenvalue weighted by atomic mass is 9.81. The van der Waals surface area contributed by atoms with Crippen LogP contribution in [0.4, 0.5) is 4.39 Å². The highest BCUT2D eigenvalue weighted by atomic mass is 19.1. The number of hydrogen-bond donors (Lipinski definition) is 0. The number of ether oxygens (including phenoxy) is 1. The van der Waals surface area contributed by atoms with E-state index < -0.39 is 5.83 Å². The zero-order chi connectivity index (χ0) is 19.1. The molecule has 0 spiro atoms. The minimum atomic E-state index is -0.629. The third-order valence-electron chi connectivity index (χ3n) is 6.48. The molecule has 1 aromatic carbocycles. The highest BCUT2D eigenvalue weighted by Crippen LogP contribution is 2.35. The van der Waals surface area contributed by atoms with E-state index in [1.807, 2.05) is 0 Å². The Morgan fingerprint density at radius 3 is 2.33 bits per heavy atom. The van der Waals surface area contributed by atoms with Crippen LogP contribution in [0.2, 0.25) is 0 Å². The Balaban J connectivity index is 1.36. The van der Waals surface area contributed by atoms with Gasteiger partial charge in [0.1, 0.15) is 6.07 Å². The van der Waals surface area contributed by atoms with Crippen molar-refractivity contribution in [2.45, 2.75) is 76.7 Å². The van der Waals surface area contributed by atoms with Gasteiger partial charge in [0.05, 0.1) is 6.10 Å². The minimum Gasteiger partial charge on any atom is -0.378 e. The summed E-state index contributed by atoms with van der Waals surface area (Å²) in [5, 5.41) is 8.55. The van der Waals surface area contributed by atoms with Crippen molar-refractivity contribution in [2.24, 2.45) is 11.8 Å². The van der Waals surface area contributed by atoms with Gasteiger partial charge in [-0.3, -0.25) is 0 Å². The summed E-state index contributed by atoms with van der Waals surface area (Å²) in [4.78, 5) is 0. The van der Waals surface area contributed by atoms with E-state index in [1.54, 1.807) is 6.07 Å². The molecule has 2 saturated carbocycles. The molecular weight excluding hydrogens is 337 g/mol. The molecule has 2 fully saturated rings. The van der Waals surface area contributed by atoms with Crippen molar-refractivity contribution in [3.8, 4) is 6.07 Å². The van der Waals surface area contributed by atoms with Gasteiger partial charge in [0.15, 0.2) is 5.83 Å². The maximum absolute atomic E-state index is 13.1. The van der Waals surface area contributed by atoms with Gasteiger partial charge in [0.2, 0.25) is 0 Å². The average Bonchev–Trinajstić information content (AvgIpc) is 2.73. The van der Waals surface area contributed by atoms with Gasteiger partial charge in [0, 0.05) is 6.61 Å². The summed E-state index contributed by atoms with van der Waals surface area (Å²) in [6.45, 7) is 3.04. The van der Waals surface area contributed by atoms with Crippen LogP contribution in [0.1, 0.15) is 75.3 Å². The Morgan fingerprint density at radius 2 is 1.74 bits per heavy atom. The second-order valence-corrected chi connectivity index (χ2v) is 8.31. The zero-order valence-corrected chi connectivity index (χ0v) is 16.5. The summed E-state index contributed by atoms with van der Waals surface area (Å²) in [7, 11) is 0. The van der Waals surface area contributed by atoms with E-state index in [2.05, 4.69) is 31.2 Å². The summed E-state index contributed by atoms with van der Waals surface area (Å²) in [5.74, 6) is 0.887. The third kappa shape index (κ3) is 5.91. The predicted molar refractivity (Wildman–Crippen MR) is 107 cm³/mol. The van der Waals surface area contributed by atoms with E-state index in [-0.39, 0.29) is 5.92 Å². The monoisotopic (exact) mass is 369 g/mol. The molecule has 0 heterocycles. The topological polar surface area (TPSA) is 33.0 Å². The summed E-state index contributed by atoms with van der Waals surface area (Å²) in [6, 6.07) is 10.7. The van der Waals surface area contributed by atoms with Crippen LogP contribution >= 0.6 is 0 Å². The number of nitriles is 1. The van der Waals surface area contributed by atoms with Crippen molar-refractivity contribution >= 4 is 0 Å². The van der Waals surface area contributed by atoms with Crippen molar-refractivity contribution in [2.75, 3.05) is 6.61 Å². The lowest BCUT2D eigenvalue weighted by molar-refractivity contribution is -0.00340. The second kappa shape index (κ2) is 10.0. The molecule has 0 bridgehead atoms. The van der Waals surface area contributed by atoms with Gasteiger partial charge in [-0.1, -0.05) is 31.2 Å². The van der Waals surface area contributed by atoms with Crippen LogP contribution < -0.4 is 0 Å². The van der Waals surface area contributed by atoms with Crippen LogP contribution in [0.3, 0.4) is 0 Å². The largest absolute Gasteiger partial charge is 0.378 e. The number of allylic oxidation sites excluding steroid dienone is 2. The summed E-state index contributed by atoms with van der Waals surface area (Å²) in [5.41, 5.74) is 2.90. The van der Waals surface area contributed by atoms with Crippen molar-refractivity contribution < 1.29 is 9.13 Å². The first-order chi connectivity index (χ1) is 13.2. The van der Waals surface area contributed by atoms with Crippen LogP contribution in [0.25, 0.3) is 0 Å². The van der Waals surface area contributed by atoms with Gasteiger partial charge >= 0.3 is 0 Å². The maximum Gasteiger partial charge on any atom is 0.196 e. The Bertz CT molecular complexity index is 644. The van der Waals surface area contributed by atoms with E-state index in [0.717, 1.165) is 51.6 Å².